The third-order valence-electron chi connectivity index (χ3n) is 5.42. The van der Waals surface area contributed by atoms with Gasteiger partial charge in [-0.25, -0.2) is 0 Å². The van der Waals surface area contributed by atoms with E-state index in [1.54, 1.807) is 11.3 Å². The smallest absolute Gasteiger partial charge is 0.195 e. The van der Waals surface area contributed by atoms with Gasteiger partial charge < -0.3 is 4.90 Å². The molecule has 3 aromatic heterocycles. The SMILES string of the molecule is c1csc(-c2nnc3c4ccccc4c(N4CCc5ccccc5C4)nn23)c1. The first-order valence-electron chi connectivity index (χ1n) is 9.38. The summed E-state index contributed by atoms with van der Waals surface area (Å²) in [5.74, 6) is 1.80. The summed E-state index contributed by atoms with van der Waals surface area (Å²) in [5.41, 5.74) is 3.62. The molecule has 0 unspecified atom stereocenters. The Morgan fingerprint density at radius 3 is 2.50 bits per heavy atom. The molecule has 4 heterocycles. The molecule has 1 aliphatic heterocycles. The van der Waals surface area contributed by atoms with Crippen molar-refractivity contribution < 1.29 is 0 Å². The number of fused-ring (bicyclic) bond motifs is 4. The molecule has 6 rings (SSSR count). The van der Waals surface area contributed by atoms with Crippen molar-refractivity contribution in [2.24, 2.45) is 0 Å². The van der Waals surface area contributed by atoms with Gasteiger partial charge in [-0.1, -0.05) is 54.6 Å². The Morgan fingerprint density at radius 2 is 1.64 bits per heavy atom. The van der Waals surface area contributed by atoms with Crippen LogP contribution in [0.2, 0.25) is 0 Å². The molecule has 5 aromatic rings. The quantitative estimate of drug-likeness (QED) is 0.448. The van der Waals surface area contributed by atoms with Gasteiger partial charge in [0, 0.05) is 23.9 Å². The van der Waals surface area contributed by atoms with Gasteiger partial charge in [0.2, 0.25) is 0 Å². The van der Waals surface area contributed by atoms with Crippen LogP contribution in [0.4, 0.5) is 5.82 Å². The summed E-state index contributed by atoms with van der Waals surface area (Å²) < 4.78 is 1.91. The number of thiophene rings is 1. The fourth-order valence-corrected chi connectivity index (χ4v) is 4.73. The summed E-state index contributed by atoms with van der Waals surface area (Å²) >= 11 is 1.66. The Labute approximate surface area is 165 Å². The molecule has 0 spiro atoms. The molecular weight excluding hydrogens is 366 g/mol. The minimum Gasteiger partial charge on any atom is -0.350 e. The maximum Gasteiger partial charge on any atom is 0.195 e. The normalized spacial score (nSPS) is 13.9. The van der Waals surface area contributed by atoms with E-state index in [0.29, 0.717) is 0 Å². The molecule has 0 fully saturated rings. The van der Waals surface area contributed by atoms with Crippen molar-refractivity contribution in [2.45, 2.75) is 13.0 Å². The Morgan fingerprint density at radius 1 is 0.821 bits per heavy atom. The largest absolute Gasteiger partial charge is 0.350 e. The van der Waals surface area contributed by atoms with Crippen LogP contribution in [0, 0.1) is 0 Å². The number of aromatic nitrogens is 4. The van der Waals surface area contributed by atoms with Crippen LogP contribution in [-0.4, -0.2) is 26.4 Å². The second kappa shape index (κ2) is 6.14. The second-order valence-electron chi connectivity index (χ2n) is 7.05. The highest BCUT2D eigenvalue weighted by molar-refractivity contribution is 7.13. The van der Waals surface area contributed by atoms with Gasteiger partial charge in [0.1, 0.15) is 0 Å². The summed E-state index contributed by atoms with van der Waals surface area (Å²) in [6.07, 6.45) is 1.03. The molecular formula is C22H17N5S. The van der Waals surface area contributed by atoms with Gasteiger partial charge in [-0.3, -0.25) is 0 Å². The Hall–Kier alpha value is -3.25. The van der Waals surface area contributed by atoms with Crippen LogP contribution in [0.5, 0.6) is 0 Å². The fourth-order valence-electron chi connectivity index (χ4n) is 4.03. The summed E-state index contributed by atoms with van der Waals surface area (Å²) in [7, 11) is 0. The molecule has 0 N–H and O–H groups in total. The van der Waals surface area contributed by atoms with Gasteiger partial charge in [0.05, 0.1) is 4.88 Å². The first-order valence-corrected chi connectivity index (χ1v) is 10.3. The van der Waals surface area contributed by atoms with E-state index in [1.807, 2.05) is 10.6 Å². The van der Waals surface area contributed by atoms with Crippen LogP contribution in [0.15, 0.2) is 66.0 Å². The van der Waals surface area contributed by atoms with Gasteiger partial charge in [-0.05, 0) is 29.0 Å². The zero-order chi connectivity index (χ0) is 18.5. The van der Waals surface area contributed by atoms with E-state index in [9.17, 15) is 0 Å². The summed E-state index contributed by atoms with van der Waals surface area (Å²) in [4.78, 5) is 3.45. The molecule has 5 nitrogen and oxygen atoms in total. The lowest BCUT2D eigenvalue weighted by atomic mass is 9.99. The lowest BCUT2D eigenvalue weighted by molar-refractivity contribution is 0.712. The average molecular weight is 383 g/mol. The number of benzene rings is 2. The number of rotatable bonds is 2. The van der Waals surface area contributed by atoms with Crippen LogP contribution in [0.3, 0.4) is 0 Å². The molecule has 0 bridgehead atoms. The molecule has 0 saturated carbocycles. The van der Waals surface area contributed by atoms with E-state index < -0.39 is 0 Å². The molecule has 1 aliphatic rings. The minimum atomic E-state index is 0.800. The van der Waals surface area contributed by atoms with Crippen molar-refractivity contribution in [3.05, 3.63) is 77.2 Å². The van der Waals surface area contributed by atoms with Gasteiger partial charge in [0.25, 0.3) is 0 Å². The van der Waals surface area contributed by atoms with E-state index in [4.69, 9.17) is 5.10 Å². The Balaban J connectivity index is 1.58. The van der Waals surface area contributed by atoms with Gasteiger partial charge in [0.15, 0.2) is 17.3 Å². The fraction of sp³-hybridized carbons (Fsp3) is 0.136. The van der Waals surface area contributed by atoms with E-state index >= 15 is 0 Å². The predicted molar refractivity (Wildman–Crippen MR) is 113 cm³/mol. The highest BCUT2D eigenvalue weighted by atomic mass is 32.1. The standard InChI is InChI=1S/C22H17N5S/c1-2-7-16-14-26(12-11-15(16)6-1)21-18-9-4-3-8-17(18)20-23-24-22(27(20)25-21)19-10-5-13-28-19/h1-10,13H,11-12,14H2. The first kappa shape index (κ1) is 15.8. The Bertz CT molecular complexity index is 1310. The molecule has 0 atom stereocenters. The molecule has 0 saturated heterocycles. The van der Waals surface area contributed by atoms with Gasteiger partial charge >= 0.3 is 0 Å². The topological polar surface area (TPSA) is 46.3 Å². The van der Waals surface area contributed by atoms with E-state index in [0.717, 1.165) is 52.4 Å². The predicted octanol–water partition coefficient (Wildman–Crippen LogP) is 4.57. The number of nitrogens with zero attached hydrogens (tertiary/aromatic N) is 5. The summed E-state index contributed by atoms with van der Waals surface area (Å²) in [5, 5.41) is 18.2. The van der Waals surface area contributed by atoms with E-state index in [1.165, 1.54) is 11.1 Å². The summed E-state index contributed by atoms with van der Waals surface area (Å²) in [6.45, 7) is 1.82. The molecule has 28 heavy (non-hydrogen) atoms. The van der Waals surface area contributed by atoms with E-state index in [-0.39, 0.29) is 0 Å². The maximum absolute atomic E-state index is 5.04. The molecule has 0 amide bonds. The lowest BCUT2D eigenvalue weighted by Gasteiger charge is -2.30. The van der Waals surface area contributed by atoms with Crippen LogP contribution >= 0.6 is 11.3 Å². The van der Waals surface area contributed by atoms with Crippen molar-refractivity contribution in [2.75, 3.05) is 11.4 Å². The van der Waals surface area contributed by atoms with Gasteiger partial charge in [-0.2, -0.15) is 4.52 Å². The lowest BCUT2D eigenvalue weighted by Crippen LogP contribution is -2.31. The monoisotopic (exact) mass is 383 g/mol. The highest BCUT2D eigenvalue weighted by Crippen LogP contribution is 2.32. The zero-order valence-corrected chi connectivity index (χ0v) is 15.9. The van der Waals surface area contributed by atoms with Crippen LogP contribution < -0.4 is 4.90 Å². The maximum atomic E-state index is 5.04. The van der Waals surface area contributed by atoms with Crippen molar-refractivity contribution in [3.8, 4) is 10.7 Å². The van der Waals surface area contributed by atoms with Crippen LogP contribution in [0.25, 0.3) is 27.1 Å². The number of hydrogen-bond donors (Lipinski definition) is 0. The number of hydrogen-bond acceptors (Lipinski definition) is 5. The van der Waals surface area contributed by atoms with Crippen molar-refractivity contribution in [1.82, 2.24) is 19.8 Å². The molecule has 136 valence electrons. The van der Waals surface area contributed by atoms with Crippen molar-refractivity contribution >= 4 is 33.6 Å². The van der Waals surface area contributed by atoms with Crippen molar-refractivity contribution in [3.63, 3.8) is 0 Å². The zero-order valence-electron chi connectivity index (χ0n) is 15.1. The first-order chi connectivity index (χ1) is 13.9. The summed E-state index contributed by atoms with van der Waals surface area (Å²) in [6, 6.07) is 21.2. The molecule has 2 aromatic carbocycles. The van der Waals surface area contributed by atoms with Crippen molar-refractivity contribution in [1.29, 1.82) is 0 Å². The number of anilines is 1. The van der Waals surface area contributed by atoms with Gasteiger partial charge in [-0.15, -0.1) is 26.6 Å². The third kappa shape index (κ3) is 2.34. The van der Waals surface area contributed by atoms with E-state index in [2.05, 4.69) is 75.1 Å². The van der Waals surface area contributed by atoms with Crippen LogP contribution in [0.1, 0.15) is 11.1 Å². The second-order valence-corrected chi connectivity index (χ2v) is 7.99. The molecule has 0 aliphatic carbocycles. The average Bonchev–Trinajstić information content (AvgIpc) is 3.42. The van der Waals surface area contributed by atoms with Crippen LogP contribution in [-0.2, 0) is 13.0 Å². The Kier molecular flexibility index (Phi) is 3.46. The minimum absolute atomic E-state index is 0.800. The molecule has 0 radical (unpaired) electrons. The third-order valence-corrected chi connectivity index (χ3v) is 6.28. The molecule has 6 heteroatoms. The highest BCUT2D eigenvalue weighted by Gasteiger charge is 2.22.